The van der Waals surface area contributed by atoms with Crippen molar-refractivity contribution in [1.82, 2.24) is 10.3 Å². The largest absolute Gasteiger partial charge is 0.396 e. The number of nitrogens with one attached hydrogen (secondary N) is 1. The Labute approximate surface area is 121 Å². The molecule has 0 aliphatic carbocycles. The third kappa shape index (κ3) is 5.17. The highest BCUT2D eigenvalue weighted by molar-refractivity contribution is 5.94. The number of pyridine rings is 1. The molecule has 1 amide bonds. The third-order valence-corrected chi connectivity index (χ3v) is 3.21. The number of amides is 1. The van der Waals surface area contributed by atoms with E-state index in [0.29, 0.717) is 12.1 Å². The second-order valence-corrected chi connectivity index (χ2v) is 5.97. The van der Waals surface area contributed by atoms with E-state index < -0.39 is 0 Å². The molecule has 1 aromatic rings. The van der Waals surface area contributed by atoms with Crippen molar-refractivity contribution in [3.63, 3.8) is 0 Å². The van der Waals surface area contributed by atoms with Gasteiger partial charge in [0.25, 0.3) is 5.91 Å². The number of aliphatic hydroxyl groups is 1. The summed E-state index contributed by atoms with van der Waals surface area (Å²) in [6.07, 6.45) is 3.22. The number of carbonyl (C=O) groups excluding carboxylic acids is 1. The number of aromatic nitrogens is 1. The zero-order chi connectivity index (χ0) is 15.2. The number of nitrogens with zero attached hydrogens (tertiary/aromatic N) is 2. The molecular weight excluding hydrogens is 254 g/mol. The van der Waals surface area contributed by atoms with Gasteiger partial charge in [-0.2, -0.15) is 0 Å². The molecule has 0 unspecified atom stereocenters. The van der Waals surface area contributed by atoms with Crippen LogP contribution in [0.2, 0.25) is 0 Å². The first kappa shape index (κ1) is 16.4. The fourth-order valence-corrected chi connectivity index (χ4v) is 1.85. The van der Waals surface area contributed by atoms with Crippen molar-refractivity contribution in [3.8, 4) is 0 Å². The first-order valence-electron chi connectivity index (χ1n) is 6.88. The molecule has 0 fully saturated rings. The van der Waals surface area contributed by atoms with Gasteiger partial charge in [0.1, 0.15) is 5.82 Å². The zero-order valence-corrected chi connectivity index (χ0v) is 12.8. The molecule has 0 spiro atoms. The minimum Gasteiger partial charge on any atom is -0.396 e. The van der Waals surface area contributed by atoms with E-state index in [1.807, 2.05) is 25.1 Å². The molecule has 0 bridgehead atoms. The molecule has 2 N–H and O–H groups in total. The first-order chi connectivity index (χ1) is 9.35. The molecule has 1 aromatic heterocycles. The Balaban J connectivity index is 2.54. The number of carbonyl (C=O) groups is 1. The lowest BCUT2D eigenvalue weighted by Crippen LogP contribution is -2.34. The van der Waals surface area contributed by atoms with Crippen LogP contribution in [-0.2, 0) is 0 Å². The van der Waals surface area contributed by atoms with Crippen molar-refractivity contribution in [2.45, 2.75) is 26.7 Å². The van der Waals surface area contributed by atoms with Gasteiger partial charge in [-0.25, -0.2) is 4.98 Å². The van der Waals surface area contributed by atoms with Crippen molar-refractivity contribution in [1.29, 1.82) is 0 Å². The average Bonchev–Trinajstić information content (AvgIpc) is 2.43. The summed E-state index contributed by atoms with van der Waals surface area (Å²) >= 11 is 0. The Morgan fingerprint density at radius 3 is 2.60 bits per heavy atom. The molecule has 1 heterocycles. The van der Waals surface area contributed by atoms with E-state index in [0.717, 1.165) is 18.7 Å². The second-order valence-electron chi connectivity index (χ2n) is 5.97. The third-order valence-electron chi connectivity index (χ3n) is 3.21. The van der Waals surface area contributed by atoms with E-state index in [4.69, 9.17) is 5.11 Å². The molecular formula is C15H25N3O2. The highest BCUT2D eigenvalue weighted by Crippen LogP contribution is 2.20. The fourth-order valence-electron chi connectivity index (χ4n) is 1.85. The standard InChI is InChI=1S/C15H25N3O2/c1-15(2,8-5-9-19)11-17-14(20)12-6-7-13(16-10-12)18(3)4/h6-7,10,19H,5,8-9,11H2,1-4H3,(H,17,20). The normalized spacial score (nSPS) is 11.2. The maximum absolute atomic E-state index is 12.0. The second kappa shape index (κ2) is 7.24. The Morgan fingerprint density at radius 1 is 1.40 bits per heavy atom. The van der Waals surface area contributed by atoms with Crippen molar-refractivity contribution in [3.05, 3.63) is 23.9 Å². The molecule has 1 rings (SSSR count). The highest BCUT2D eigenvalue weighted by Gasteiger charge is 2.18. The van der Waals surface area contributed by atoms with E-state index in [9.17, 15) is 4.79 Å². The van der Waals surface area contributed by atoms with E-state index >= 15 is 0 Å². The van der Waals surface area contributed by atoms with Gasteiger partial charge in [0, 0.05) is 33.4 Å². The molecule has 0 saturated heterocycles. The molecule has 5 nitrogen and oxygen atoms in total. The van der Waals surface area contributed by atoms with Crippen molar-refractivity contribution in [2.75, 3.05) is 32.1 Å². The molecule has 0 atom stereocenters. The van der Waals surface area contributed by atoms with Crippen LogP contribution in [0.4, 0.5) is 5.82 Å². The highest BCUT2D eigenvalue weighted by atomic mass is 16.2. The number of aliphatic hydroxyl groups excluding tert-OH is 1. The molecule has 112 valence electrons. The SMILES string of the molecule is CN(C)c1ccc(C(=O)NCC(C)(C)CCCO)cn1. The monoisotopic (exact) mass is 279 g/mol. The van der Waals surface area contributed by atoms with Crippen LogP contribution in [0.25, 0.3) is 0 Å². The van der Waals surface area contributed by atoms with Gasteiger partial charge in [0.05, 0.1) is 5.56 Å². The zero-order valence-electron chi connectivity index (χ0n) is 12.8. The summed E-state index contributed by atoms with van der Waals surface area (Å²) < 4.78 is 0. The molecule has 0 saturated carbocycles. The van der Waals surface area contributed by atoms with Crippen LogP contribution in [0, 0.1) is 5.41 Å². The van der Waals surface area contributed by atoms with Gasteiger partial charge in [0.2, 0.25) is 0 Å². The summed E-state index contributed by atoms with van der Waals surface area (Å²) in [5, 5.41) is 11.8. The lowest BCUT2D eigenvalue weighted by Gasteiger charge is -2.24. The maximum Gasteiger partial charge on any atom is 0.252 e. The number of hydrogen-bond donors (Lipinski definition) is 2. The summed E-state index contributed by atoms with van der Waals surface area (Å²) in [7, 11) is 3.82. The Bertz CT molecular complexity index is 427. The quantitative estimate of drug-likeness (QED) is 0.797. The van der Waals surface area contributed by atoms with Crippen LogP contribution in [0.3, 0.4) is 0 Å². The van der Waals surface area contributed by atoms with Crippen molar-refractivity contribution >= 4 is 11.7 Å². The van der Waals surface area contributed by atoms with Gasteiger partial charge in [-0.15, -0.1) is 0 Å². The molecule has 5 heteroatoms. The maximum atomic E-state index is 12.0. The van der Waals surface area contributed by atoms with E-state index in [-0.39, 0.29) is 17.9 Å². The van der Waals surface area contributed by atoms with Gasteiger partial charge >= 0.3 is 0 Å². The smallest absolute Gasteiger partial charge is 0.252 e. The molecule has 0 radical (unpaired) electrons. The summed E-state index contributed by atoms with van der Waals surface area (Å²) in [5.74, 6) is 0.713. The Morgan fingerprint density at radius 2 is 2.10 bits per heavy atom. The average molecular weight is 279 g/mol. The van der Waals surface area contributed by atoms with Crippen LogP contribution in [0.5, 0.6) is 0 Å². The summed E-state index contributed by atoms with van der Waals surface area (Å²) in [6.45, 7) is 4.93. The summed E-state index contributed by atoms with van der Waals surface area (Å²) in [4.78, 5) is 18.1. The molecule has 20 heavy (non-hydrogen) atoms. The molecule has 0 aliphatic heterocycles. The van der Waals surface area contributed by atoms with Gasteiger partial charge < -0.3 is 15.3 Å². The predicted molar refractivity (Wildman–Crippen MR) is 81.0 cm³/mol. The first-order valence-corrected chi connectivity index (χ1v) is 6.88. The van der Waals surface area contributed by atoms with Crippen LogP contribution in [0.1, 0.15) is 37.0 Å². The Kier molecular flexibility index (Phi) is 5.95. The molecule has 0 aliphatic rings. The van der Waals surface area contributed by atoms with Gasteiger partial charge in [0.15, 0.2) is 0 Å². The molecule has 0 aromatic carbocycles. The number of rotatable bonds is 7. The van der Waals surface area contributed by atoms with Gasteiger partial charge in [-0.1, -0.05) is 13.8 Å². The topological polar surface area (TPSA) is 65.5 Å². The van der Waals surface area contributed by atoms with Gasteiger partial charge in [-0.05, 0) is 30.4 Å². The lowest BCUT2D eigenvalue weighted by molar-refractivity contribution is 0.0932. The lowest BCUT2D eigenvalue weighted by atomic mass is 9.88. The predicted octanol–water partition coefficient (Wildman–Crippen LogP) is 1.68. The van der Waals surface area contributed by atoms with Crippen LogP contribution < -0.4 is 10.2 Å². The Hall–Kier alpha value is -1.62. The summed E-state index contributed by atoms with van der Waals surface area (Å²) in [6, 6.07) is 3.60. The van der Waals surface area contributed by atoms with Crippen molar-refractivity contribution in [2.24, 2.45) is 5.41 Å². The number of hydrogen-bond acceptors (Lipinski definition) is 4. The minimum absolute atomic E-state index is 0.0185. The van der Waals surface area contributed by atoms with Crippen molar-refractivity contribution < 1.29 is 9.90 Å². The fraction of sp³-hybridized carbons (Fsp3) is 0.600. The minimum atomic E-state index is -0.111. The van der Waals surface area contributed by atoms with E-state index in [1.54, 1.807) is 12.3 Å². The number of anilines is 1. The van der Waals surface area contributed by atoms with Crippen LogP contribution >= 0.6 is 0 Å². The van der Waals surface area contributed by atoms with E-state index in [2.05, 4.69) is 24.1 Å². The van der Waals surface area contributed by atoms with Gasteiger partial charge in [-0.3, -0.25) is 4.79 Å². The summed E-state index contributed by atoms with van der Waals surface area (Å²) in [5.41, 5.74) is 0.545. The van der Waals surface area contributed by atoms with Crippen LogP contribution in [-0.4, -0.2) is 43.2 Å². The van der Waals surface area contributed by atoms with Crippen LogP contribution in [0.15, 0.2) is 18.3 Å². The van der Waals surface area contributed by atoms with E-state index in [1.165, 1.54) is 0 Å².